The molecule has 0 spiro atoms. The first-order valence-corrected chi connectivity index (χ1v) is 11.2. The number of methoxy groups -OCH3 is 1. The Kier molecular flexibility index (Phi) is 5.12. The van der Waals surface area contributed by atoms with Crippen LogP contribution in [0.3, 0.4) is 0 Å². The minimum Gasteiger partial charge on any atom is -0.467 e. The van der Waals surface area contributed by atoms with Gasteiger partial charge in [-0.25, -0.2) is 0 Å². The van der Waals surface area contributed by atoms with Crippen LogP contribution >= 0.6 is 0 Å². The Balaban J connectivity index is 1.52. The maximum absolute atomic E-state index is 13.7. The van der Waals surface area contributed by atoms with Crippen LogP contribution in [-0.2, 0) is 13.1 Å². The van der Waals surface area contributed by atoms with Gasteiger partial charge in [-0.05, 0) is 54.2 Å². The molecule has 2 N–H and O–H groups in total. The van der Waals surface area contributed by atoms with E-state index in [1.807, 2.05) is 36.1 Å². The van der Waals surface area contributed by atoms with Gasteiger partial charge in [-0.2, -0.15) is 9.97 Å². The minimum absolute atomic E-state index is 0.0356. The Morgan fingerprint density at radius 1 is 1.22 bits per heavy atom. The van der Waals surface area contributed by atoms with Gasteiger partial charge in [-0.15, -0.1) is 0 Å². The molecule has 7 nitrogen and oxygen atoms in total. The third-order valence-electron chi connectivity index (χ3n) is 6.60. The predicted molar refractivity (Wildman–Crippen MR) is 126 cm³/mol. The van der Waals surface area contributed by atoms with E-state index in [1.54, 1.807) is 13.2 Å². The lowest BCUT2D eigenvalue weighted by molar-refractivity contribution is 0.0752. The summed E-state index contributed by atoms with van der Waals surface area (Å²) < 4.78 is 5.40. The molecule has 5 rings (SSSR count). The average Bonchev–Trinajstić information content (AvgIpc) is 3.21. The summed E-state index contributed by atoms with van der Waals surface area (Å²) in [4.78, 5) is 27.2. The number of fused-ring (bicyclic) bond motifs is 2. The number of nitrogen functional groups attached to an aromatic ring is 1. The number of carbonyl (C=O) groups excluding carboxylic acids is 1. The van der Waals surface area contributed by atoms with Crippen molar-refractivity contribution in [3.8, 4) is 6.01 Å². The molecule has 166 valence electrons. The lowest BCUT2D eigenvalue weighted by atomic mass is 9.98. The molecule has 0 bridgehead atoms. The Morgan fingerprint density at radius 2 is 2.06 bits per heavy atom. The molecule has 1 unspecified atom stereocenters. The minimum atomic E-state index is -0.0356. The highest BCUT2D eigenvalue weighted by atomic mass is 16.5. The van der Waals surface area contributed by atoms with E-state index >= 15 is 0 Å². The first-order chi connectivity index (χ1) is 15.4. The third kappa shape index (κ3) is 3.51. The third-order valence-corrected chi connectivity index (χ3v) is 6.60. The Hall–Kier alpha value is -3.35. The summed E-state index contributed by atoms with van der Waals surface area (Å²) >= 11 is 0. The number of nitrogens with zero attached hydrogens (tertiary/aromatic N) is 4. The Bertz CT molecular complexity index is 1210. The summed E-state index contributed by atoms with van der Waals surface area (Å²) in [5.74, 6) is 1.48. The van der Waals surface area contributed by atoms with Gasteiger partial charge in [0.2, 0.25) is 0 Å². The van der Waals surface area contributed by atoms with Gasteiger partial charge in [-0.1, -0.05) is 25.1 Å². The monoisotopic (exact) mass is 431 g/mol. The quantitative estimate of drug-likeness (QED) is 0.633. The smallest absolute Gasteiger partial charge is 0.318 e. The number of benzene rings is 2. The van der Waals surface area contributed by atoms with Gasteiger partial charge >= 0.3 is 6.01 Å². The Morgan fingerprint density at radius 3 is 2.84 bits per heavy atom. The van der Waals surface area contributed by atoms with Crippen LogP contribution in [0.1, 0.15) is 46.9 Å². The van der Waals surface area contributed by atoms with Gasteiger partial charge < -0.3 is 20.3 Å². The van der Waals surface area contributed by atoms with Crippen molar-refractivity contribution >= 4 is 28.2 Å². The largest absolute Gasteiger partial charge is 0.467 e. The molecule has 1 aromatic heterocycles. The van der Waals surface area contributed by atoms with E-state index in [2.05, 4.69) is 16.8 Å². The van der Waals surface area contributed by atoms with Crippen LogP contribution in [0.15, 0.2) is 30.3 Å². The molecule has 1 saturated heterocycles. The number of hydrogen-bond donors (Lipinski definition) is 1. The molecule has 1 fully saturated rings. The molecule has 2 aliphatic rings. The fraction of sp³-hybridized carbons (Fsp3) is 0.400. The summed E-state index contributed by atoms with van der Waals surface area (Å²) in [5.41, 5.74) is 10.3. The van der Waals surface area contributed by atoms with Crippen LogP contribution in [0, 0.1) is 12.8 Å². The number of piperidine rings is 1. The zero-order valence-electron chi connectivity index (χ0n) is 18.9. The van der Waals surface area contributed by atoms with E-state index in [0.717, 1.165) is 52.9 Å². The van der Waals surface area contributed by atoms with Gasteiger partial charge in [-0.3, -0.25) is 4.79 Å². The number of anilines is 2. The van der Waals surface area contributed by atoms with Crippen molar-refractivity contribution in [2.45, 2.75) is 39.8 Å². The molecule has 0 radical (unpaired) electrons. The van der Waals surface area contributed by atoms with Crippen molar-refractivity contribution in [3.05, 3.63) is 52.7 Å². The number of ether oxygens (including phenoxy) is 1. The topological polar surface area (TPSA) is 84.6 Å². The number of rotatable bonds is 3. The fourth-order valence-corrected chi connectivity index (χ4v) is 5.07. The van der Waals surface area contributed by atoms with Gasteiger partial charge in [0.1, 0.15) is 5.82 Å². The normalized spacial score (nSPS) is 18.2. The maximum Gasteiger partial charge on any atom is 0.318 e. The standard InChI is InChI=1S/C25H29N5O2/c1-15-6-5-9-29(12-15)23-20-13-30(14-21(20)27-25(28-23)32-3)24(31)19-11-18(26)10-17-8-4-7-16(2)22(17)19/h4,7-8,10-11,15H,5-6,9,12-14,26H2,1-3H3. The number of aromatic nitrogens is 2. The van der Waals surface area contributed by atoms with Crippen molar-refractivity contribution in [2.75, 3.05) is 30.8 Å². The molecule has 32 heavy (non-hydrogen) atoms. The molecule has 3 aromatic rings. The summed E-state index contributed by atoms with van der Waals surface area (Å²) in [7, 11) is 1.59. The molecule has 3 heterocycles. The number of carbonyl (C=O) groups is 1. The lowest BCUT2D eigenvalue weighted by Crippen LogP contribution is -2.35. The second-order valence-electron chi connectivity index (χ2n) is 9.06. The van der Waals surface area contributed by atoms with Crippen LogP contribution in [0.2, 0.25) is 0 Å². The zero-order valence-corrected chi connectivity index (χ0v) is 18.9. The number of aryl methyl sites for hydroxylation is 1. The van der Waals surface area contributed by atoms with Gasteiger partial charge in [0.15, 0.2) is 0 Å². The zero-order chi connectivity index (χ0) is 22.4. The summed E-state index contributed by atoms with van der Waals surface area (Å²) in [6.45, 7) is 7.14. The molecular formula is C25H29N5O2. The van der Waals surface area contributed by atoms with Crippen molar-refractivity contribution in [1.29, 1.82) is 0 Å². The van der Waals surface area contributed by atoms with Crippen molar-refractivity contribution in [1.82, 2.24) is 14.9 Å². The van der Waals surface area contributed by atoms with Gasteiger partial charge in [0, 0.05) is 29.9 Å². The van der Waals surface area contributed by atoms with Gasteiger partial charge in [0.25, 0.3) is 5.91 Å². The second-order valence-corrected chi connectivity index (χ2v) is 9.06. The Labute approximate surface area is 188 Å². The predicted octanol–water partition coefficient (Wildman–Crippen LogP) is 3.92. The van der Waals surface area contributed by atoms with Crippen molar-refractivity contribution in [2.24, 2.45) is 5.92 Å². The van der Waals surface area contributed by atoms with E-state index < -0.39 is 0 Å². The summed E-state index contributed by atoms with van der Waals surface area (Å²) in [6, 6.07) is 10.1. The fourth-order valence-electron chi connectivity index (χ4n) is 5.07. The van der Waals surface area contributed by atoms with E-state index in [-0.39, 0.29) is 5.91 Å². The average molecular weight is 432 g/mol. The molecule has 1 atom stereocenters. The van der Waals surface area contributed by atoms with Crippen LogP contribution in [0.25, 0.3) is 10.8 Å². The second kappa shape index (κ2) is 7.97. The number of hydrogen-bond acceptors (Lipinski definition) is 6. The first-order valence-electron chi connectivity index (χ1n) is 11.2. The van der Waals surface area contributed by atoms with E-state index in [9.17, 15) is 4.79 Å². The molecular weight excluding hydrogens is 402 g/mol. The van der Waals surface area contributed by atoms with Crippen LogP contribution in [0.4, 0.5) is 11.5 Å². The SMILES string of the molecule is COc1nc2c(c(N3CCCC(C)C3)n1)CN(C(=O)c1cc(N)cc3cccc(C)c13)C2. The van der Waals surface area contributed by atoms with E-state index in [4.69, 9.17) is 15.5 Å². The molecule has 1 amide bonds. The number of amides is 1. The maximum atomic E-state index is 13.7. The molecule has 7 heteroatoms. The van der Waals surface area contributed by atoms with E-state index in [1.165, 1.54) is 6.42 Å². The molecule has 0 aliphatic carbocycles. The summed E-state index contributed by atoms with van der Waals surface area (Å²) in [5, 5.41) is 1.94. The number of nitrogens with two attached hydrogens (primary N) is 1. The molecule has 0 saturated carbocycles. The van der Waals surface area contributed by atoms with Crippen LogP contribution in [0.5, 0.6) is 6.01 Å². The van der Waals surface area contributed by atoms with Crippen molar-refractivity contribution < 1.29 is 9.53 Å². The van der Waals surface area contributed by atoms with Gasteiger partial charge in [0.05, 0.1) is 25.9 Å². The lowest BCUT2D eigenvalue weighted by Gasteiger charge is -2.33. The molecule has 2 aromatic carbocycles. The highest BCUT2D eigenvalue weighted by Gasteiger charge is 2.33. The highest BCUT2D eigenvalue weighted by molar-refractivity contribution is 6.09. The molecule has 2 aliphatic heterocycles. The highest BCUT2D eigenvalue weighted by Crippen LogP contribution is 2.35. The van der Waals surface area contributed by atoms with Crippen LogP contribution in [-0.4, -0.2) is 41.0 Å². The van der Waals surface area contributed by atoms with E-state index in [0.29, 0.717) is 36.3 Å². The van der Waals surface area contributed by atoms with Crippen LogP contribution < -0.4 is 15.4 Å². The van der Waals surface area contributed by atoms with Crippen molar-refractivity contribution in [3.63, 3.8) is 0 Å². The summed E-state index contributed by atoms with van der Waals surface area (Å²) in [6.07, 6.45) is 2.37. The first kappa shape index (κ1) is 20.5.